The van der Waals surface area contributed by atoms with E-state index in [1.807, 2.05) is 13.8 Å². The fourth-order valence-electron chi connectivity index (χ4n) is 1.87. The first-order chi connectivity index (χ1) is 8.40. The van der Waals surface area contributed by atoms with Crippen molar-refractivity contribution in [3.05, 3.63) is 34.1 Å². The SMILES string of the molecule is CCNC(Cc1cc(F)ccc1Br)C(C)(C)OC. The number of hydrogen-bond acceptors (Lipinski definition) is 2. The third kappa shape index (κ3) is 4.04. The summed E-state index contributed by atoms with van der Waals surface area (Å²) in [5, 5.41) is 3.40. The first kappa shape index (κ1) is 15.6. The van der Waals surface area contributed by atoms with Gasteiger partial charge >= 0.3 is 0 Å². The van der Waals surface area contributed by atoms with Crippen LogP contribution in [0.3, 0.4) is 0 Å². The van der Waals surface area contributed by atoms with Gasteiger partial charge in [0, 0.05) is 17.6 Å². The van der Waals surface area contributed by atoms with Crippen molar-refractivity contribution in [1.82, 2.24) is 5.32 Å². The summed E-state index contributed by atoms with van der Waals surface area (Å²) in [6.07, 6.45) is 0.715. The molecule has 4 heteroatoms. The summed E-state index contributed by atoms with van der Waals surface area (Å²) in [5.41, 5.74) is 0.646. The quantitative estimate of drug-likeness (QED) is 0.866. The Bertz CT molecular complexity index is 395. The Morgan fingerprint density at radius 2 is 2.11 bits per heavy atom. The predicted octanol–water partition coefficient (Wildman–Crippen LogP) is 3.53. The fourth-order valence-corrected chi connectivity index (χ4v) is 2.28. The number of ether oxygens (including phenoxy) is 1. The molecule has 0 bridgehead atoms. The molecular formula is C14H21BrFNO. The molecule has 0 radical (unpaired) electrons. The van der Waals surface area contributed by atoms with Gasteiger partial charge in [0.05, 0.1) is 5.60 Å². The van der Waals surface area contributed by atoms with Crippen LogP contribution < -0.4 is 5.32 Å². The lowest BCUT2D eigenvalue weighted by Crippen LogP contribution is -2.49. The van der Waals surface area contributed by atoms with Gasteiger partial charge in [-0.25, -0.2) is 4.39 Å². The lowest BCUT2D eigenvalue weighted by atomic mass is 9.92. The second-order valence-corrected chi connectivity index (χ2v) is 5.71. The van der Waals surface area contributed by atoms with Crippen LogP contribution in [0.15, 0.2) is 22.7 Å². The molecule has 0 aliphatic heterocycles. The molecule has 102 valence electrons. The Hall–Kier alpha value is -0.450. The average Bonchev–Trinajstić information content (AvgIpc) is 2.33. The van der Waals surface area contributed by atoms with Gasteiger partial charge in [0.1, 0.15) is 5.82 Å². The molecule has 0 aromatic heterocycles. The third-order valence-electron chi connectivity index (χ3n) is 3.25. The molecule has 0 spiro atoms. The zero-order valence-corrected chi connectivity index (χ0v) is 13.0. The maximum Gasteiger partial charge on any atom is 0.123 e. The van der Waals surface area contributed by atoms with Crippen LogP contribution in [0.25, 0.3) is 0 Å². The molecule has 0 aliphatic rings. The molecule has 1 aromatic carbocycles. The molecule has 18 heavy (non-hydrogen) atoms. The minimum atomic E-state index is -0.304. The average molecular weight is 318 g/mol. The maximum absolute atomic E-state index is 13.3. The Labute approximate surface area is 117 Å². The van der Waals surface area contributed by atoms with Gasteiger partial charge in [-0.3, -0.25) is 0 Å². The summed E-state index contributed by atoms with van der Waals surface area (Å²) >= 11 is 3.46. The second kappa shape index (κ2) is 6.64. The fraction of sp³-hybridized carbons (Fsp3) is 0.571. The Kier molecular flexibility index (Phi) is 5.76. The lowest BCUT2D eigenvalue weighted by Gasteiger charge is -2.34. The minimum absolute atomic E-state index is 0.130. The van der Waals surface area contributed by atoms with Gasteiger partial charge in [-0.05, 0) is 50.6 Å². The first-order valence-electron chi connectivity index (χ1n) is 6.13. The zero-order valence-electron chi connectivity index (χ0n) is 11.4. The van der Waals surface area contributed by atoms with Gasteiger partial charge in [0.2, 0.25) is 0 Å². The highest BCUT2D eigenvalue weighted by Crippen LogP contribution is 2.24. The van der Waals surface area contributed by atoms with Crippen molar-refractivity contribution >= 4 is 15.9 Å². The molecule has 2 nitrogen and oxygen atoms in total. The van der Waals surface area contributed by atoms with E-state index >= 15 is 0 Å². The molecule has 0 saturated heterocycles. The highest BCUT2D eigenvalue weighted by Gasteiger charge is 2.29. The molecule has 1 rings (SSSR count). The number of hydrogen-bond donors (Lipinski definition) is 1. The zero-order chi connectivity index (χ0) is 13.8. The molecule has 0 amide bonds. The van der Waals surface area contributed by atoms with E-state index in [1.165, 1.54) is 6.07 Å². The van der Waals surface area contributed by atoms with E-state index in [0.29, 0.717) is 6.42 Å². The molecular weight excluding hydrogens is 297 g/mol. The van der Waals surface area contributed by atoms with Gasteiger partial charge in [0.25, 0.3) is 0 Å². The highest BCUT2D eigenvalue weighted by molar-refractivity contribution is 9.10. The smallest absolute Gasteiger partial charge is 0.123 e. The van der Waals surface area contributed by atoms with E-state index in [1.54, 1.807) is 19.2 Å². The number of halogens is 2. The summed E-state index contributed by atoms with van der Waals surface area (Å²) in [7, 11) is 1.70. The number of nitrogens with one attached hydrogen (secondary N) is 1. The number of methoxy groups -OCH3 is 1. The van der Waals surface area contributed by atoms with E-state index in [2.05, 4.69) is 28.2 Å². The van der Waals surface area contributed by atoms with E-state index in [0.717, 1.165) is 16.6 Å². The third-order valence-corrected chi connectivity index (χ3v) is 4.02. The summed E-state index contributed by atoms with van der Waals surface area (Å²) in [4.78, 5) is 0. The molecule has 0 heterocycles. The number of likely N-dealkylation sites (N-methyl/N-ethyl adjacent to an activating group) is 1. The van der Waals surface area contributed by atoms with Gasteiger partial charge < -0.3 is 10.1 Å². The van der Waals surface area contributed by atoms with E-state index in [9.17, 15) is 4.39 Å². The van der Waals surface area contributed by atoms with Crippen LogP contribution in [0.5, 0.6) is 0 Å². The summed E-state index contributed by atoms with van der Waals surface area (Å²) in [6.45, 7) is 6.98. The number of benzene rings is 1. The topological polar surface area (TPSA) is 21.3 Å². The highest BCUT2D eigenvalue weighted by atomic mass is 79.9. The Balaban J connectivity index is 2.93. The summed E-state index contributed by atoms with van der Waals surface area (Å²) < 4.78 is 19.7. The maximum atomic E-state index is 13.3. The molecule has 0 fully saturated rings. The largest absolute Gasteiger partial charge is 0.377 e. The molecule has 1 atom stereocenters. The van der Waals surface area contributed by atoms with E-state index in [-0.39, 0.29) is 17.5 Å². The standard InChI is InChI=1S/C14H21BrFNO/c1-5-17-13(14(2,3)18-4)9-10-8-11(16)6-7-12(10)15/h6-8,13,17H,5,9H2,1-4H3. The van der Waals surface area contributed by atoms with Crippen LogP contribution in [0, 0.1) is 5.82 Å². The van der Waals surface area contributed by atoms with E-state index in [4.69, 9.17) is 4.74 Å². The number of rotatable bonds is 6. The van der Waals surface area contributed by atoms with Crippen LogP contribution >= 0.6 is 15.9 Å². The van der Waals surface area contributed by atoms with Crippen LogP contribution in [0.2, 0.25) is 0 Å². The van der Waals surface area contributed by atoms with Crippen LogP contribution in [0.1, 0.15) is 26.3 Å². The molecule has 1 unspecified atom stereocenters. The van der Waals surface area contributed by atoms with Crippen molar-refractivity contribution in [2.45, 2.75) is 38.8 Å². The van der Waals surface area contributed by atoms with Gasteiger partial charge in [-0.15, -0.1) is 0 Å². The van der Waals surface area contributed by atoms with Crippen molar-refractivity contribution in [2.24, 2.45) is 0 Å². The Morgan fingerprint density at radius 3 is 2.67 bits per heavy atom. The van der Waals surface area contributed by atoms with Gasteiger partial charge in [0.15, 0.2) is 0 Å². The monoisotopic (exact) mass is 317 g/mol. The molecule has 1 N–H and O–H groups in total. The van der Waals surface area contributed by atoms with Gasteiger partial charge in [-0.2, -0.15) is 0 Å². The van der Waals surface area contributed by atoms with E-state index < -0.39 is 0 Å². The lowest BCUT2D eigenvalue weighted by molar-refractivity contribution is -0.00965. The minimum Gasteiger partial charge on any atom is -0.377 e. The summed E-state index contributed by atoms with van der Waals surface area (Å²) in [5.74, 6) is -0.210. The summed E-state index contributed by atoms with van der Waals surface area (Å²) in [6, 6.07) is 4.90. The molecule has 0 saturated carbocycles. The Morgan fingerprint density at radius 1 is 1.44 bits per heavy atom. The normalized spacial score (nSPS) is 13.7. The van der Waals surface area contributed by atoms with Crippen molar-refractivity contribution in [2.75, 3.05) is 13.7 Å². The van der Waals surface area contributed by atoms with Crippen molar-refractivity contribution in [3.63, 3.8) is 0 Å². The second-order valence-electron chi connectivity index (χ2n) is 4.86. The van der Waals surface area contributed by atoms with Gasteiger partial charge in [-0.1, -0.05) is 22.9 Å². The van der Waals surface area contributed by atoms with Crippen molar-refractivity contribution in [3.8, 4) is 0 Å². The molecule has 1 aromatic rings. The van der Waals surface area contributed by atoms with Crippen molar-refractivity contribution in [1.29, 1.82) is 0 Å². The predicted molar refractivity (Wildman–Crippen MR) is 76.4 cm³/mol. The van der Waals surface area contributed by atoms with Crippen molar-refractivity contribution < 1.29 is 9.13 Å². The first-order valence-corrected chi connectivity index (χ1v) is 6.92. The van der Waals surface area contributed by atoms with Crippen LogP contribution in [-0.2, 0) is 11.2 Å². The molecule has 0 aliphatic carbocycles. The van der Waals surface area contributed by atoms with Crippen LogP contribution in [0.4, 0.5) is 4.39 Å². The van der Waals surface area contributed by atoms with Crippen LogP contribution in [-0.4, -0.2) is 25.3 Å².